The number of fused-ring (bicyclic) bond motifs is 1. The van der Waals surface area contributed by atoms with Gasteiger partial charge >= 0.3 is 0 Å². The summed E-state index contributed by atoms with van der Waals surface area (Å²) in [4.78, 5) is 1.25. The zero-order valence-corrected chi connectivity index (χ0v) is 13.4. The molecule has 0 fully saturated rings. The van der Waals surface area contributed by atoms with Crippen LogP contribution in [0, 0.1) is 0 Å². The highest BCUT2D eigenvalue weighted by molar-refractivity contribution is 7.19. The second-order valence-electron chi connectivity index (χ2n) is 5.29. The molecule has 0 radical (unpaired) electrons. The van der Waals surface area contributed by atoms with Crippen molar-refractivity contribution in [3.63, 3.8) is 0 Å². The summed E-state index contributed by atoms with van der Waals surface area (Å²) in [7, 11) is 0. The highest BCUT2D eigenvalue weighted by atomic mass is 32.1. The van der Waals surface area contributed by atoms with Gasteiger partial charge in [0.15, 0.2) is 0 Å². The summed E-state index contributed by atoms with van der Waals surface area (Å²) in [6.45, 7) is 5.16. The molecule has 0 spiro atoms. The Labute approximate surface area is 129 Å². The lowest BCUT2D eigenvalue weighted by Gasteiger charge is -2.10. The van der Waals surface area contributed by atoms with Crippen molar-refractivity contribution in [1.82, 2.24) is 9.78 Å². The average Bonchev–Trinajstić information content (AvgIpc) is 3.10. The second-order valence-corrected chi connectivity index (χ2v) is 6.41. The molecular weight excluding hydrogens is 278 g/mol. The molecule has 3 nitrogen and oxygen atoms in total. The molecular formula is C17H21N3S. The Balaban J connectivity index is 1.85. The van der Waals surface area contributed by atoms with Gasteiger partial charge in [-0.15, -0.1) is 11.3 Å². The first-order valence-corrected chi connectivity index (χ1v) is 8.32. The summed E-state index contributed by atoms with van der Waals surface area (Å²) >= 11 is 1.80. The predicted molar refractivity (Wildman–Crippen MR) is 89.7 cm³/mol. The first kappa shape index (κ1) is 14.3. The standard InChI is InChI=1S/C17H21N3S/c1-3-13-10-14(20(4-2)19-13)11-15(18)17-9-12-7-5-6-8-16(12)21-17/h5-10,15H,3-4,11,18H2,1-2H3. The van der Waals surface area contributed by atoms with E-state index in [1.165, 1.54) is 20.7 Å². The van der Waals surface area contributed by atoms with E-state index in [1.807, 2.05) is 0 Å². The number of hydrogen-bond acceptors (Lipinski definition) is 3. The first-order valence-electron chi connectivity index (χ1n) is 7.51. The Hall–Kier alpha value is -1.65. The monoisotopic (exact) mass is 299 g/mol. The number of aromatic nitrogens is 2. The minimum Gasteiger partial charge on any atom is -0.323 e. The van der Waals surface area contributed by atoms with Crippen molar-refractivity contribution in [2.45, 2.75) is 39.3 Å². The molecule has 2 aromatic heterocycles. The Kier molecular flexibility index (Phi) is 4.08. The van der Waals surface area contributed by atoms with Crippen molar-refractivity contribution in [1.29, 1.82) is 0 Å². The summed E-state index contributed by atoms with van der Waals surface area (Å²) in [5.41, 5.74) is 8.82. The molecule has 3 aromatic rings. The van der Waals surface area contributed by atoms with Gasteiger partial charge in [-0.1, -0.05) is 25.1 Å². The van der Waals surface area contributed by atoms with Gasteiger partial charge in [0, 0.05) is 34.3 Å². The number of aryl methyl sites for hydroxylation is 2. The summed E-state index contributed by atoms with van der Waals surface area (Å²) in [5, 5.41) is 5.88. The molecule has 2 N–H and O–H groups in total. The van der Waals surface area contributed by atoms with Crippen LogP contribution in [0.5, 0.6) is 0 Å². The third-order valence-corrected chi connectivity index (χ3v) is 5.06. The molecule has 0 saturated carbocycles. The van der Waals surface area contributed by atoms with Crippen LogP contribution in [0.2, 0.25) is 0 Å². The maximum atomic E-state index is 6.43. The molecule has 3 rings (SSSR count). The van der Waals surface area contributed by atoms with E-state index in [1.54, 1.807) is 11.3 Å². The van der Waals surface area contributed by atoms with Crippen LogP contribution in [0.25, 0.3) is 10.1 Å². The normalized spacial score (nSPS) is 12.9. The van der Waals surface area contributed by atoms with E-state index >= 15 is 0 Å². The third kappa shape index (κ3) is 2.87. The Bertz CT molecular complexity index is 708. The highest BCUT2D eigenvalue weighted by Crippen LogP contribution is 2.30. The predicted octanol–water partition coefficient (Wildman–Crippen LogP) is 3.92. The molecule has 2 heterocycles. The molecule has 0 aliphatic rings. The average molecular weight is 299 g/mol. The first-order chi connectivity index (χ1) is 10.2. The van der Waals surface area contributed by atoms with Gasteiger partial charge < -0.3 is 5.73 Å². The van der Waals surface area contributed by atoms with E-state index in [0.29, 0.717) is 0 Å². The van der Waals surface area contributed by atoms with Crippen LogP contribution in [-0.2, 0) is 19.4 Å². The van der Waals surface area contributed by atoms with E-state index in [2.05, 4.69) is 60.0 Å². The van der Waals surface area contributed by atoms with Gasteiger partial charge in [-0.2, -0.15) is 5.10 Å². The van der Waals surface area contributed by atoms with Gasteiger partial charge in [-0.25, -0.2) is 0 Å². The molecule has 1 aromatic carbocycles. The maximum Gasteiger partial charge on any atom is 0.0624 e. The number of benzene rings is 1. The number of hydrogen-bond donors (Lipinski definition) is 1. The molecule has 110 valence electrons. The molecule has 0 amide bonds. The third-order valence-electron chi connectivity index (χ3n) is 3.81. The minimum absolute atomic E-state index is 0.0362. The van der Waals surface area contributed by atoms with E-state index in [4.69, 9.17) is 5.73 Å². The quantitative estimate of drug-likeness (QED) is 0.776. The van der Waals surface area contributed by atoms with Crippen molar-refractivity contribution in [3.05, 3.63) is 52.7 Å². The SMILES string of the molecule is CCc1cc(CC(N)c2cc3ccccc3s2)n(CC)n1. The van der Waals surface area contributed by atoms with Crippen molar-refractivity contribution < 1.29 is 0 Å². The van der Waals surface area contributed by atoms with Crippen molar-refractivity contribution >= 4 is 21.4 Å². The molecule has 0 aliphatic heterocycles. The lowest BCUT2D eigenvalue weighted by molar-refractivity contribution is 0.588. The Morgan fingerprint density at radius 3 is 2.76 bits per heavy atom. The van der Waals surface area contributed by atoms with Gasteiger partial charge in [0.2, 0.25) is 0 Å². The largest absolute Gasteiger partial charge is 0.323 e. The molecule has 0 aliphatic carbocycles. The molecule has 1 unspecified atom stereocenters. The van der Waals surface area contributed by atoms with Crippen LogP contribution >= 0.6 is 11.3 Å². The van der Waals surface area contributed by atoms with Crippen LogP contribution in [0.3, 0.4) is 0 Å². The van der Waals surface area contributed by atoms with Crippen LogP contribution < -0.4 is 5.73 Å². The minimum atomic E-state index is 0.0362. The number of nitrogens with two attached hydrogens (primary N) is 1. The maximum absolute atomic E-state index is 6.43. The molecule has 0 saturated heterocycles. The van der Waals surface area contributed by atoms with E-state index in [-0.39, 0.29) is 6.04 Å². The molecule has 1 atom stereocenters. The fourth-order valence-electron chi connectivity index (χ4n) is 2.64. The Morgan fingerprint density at radius 2 is 2.05 bits per heavy atom. The van der Waals surface area contributed by atoms with E-state index in [0.717, 1.165) is 25.1 Å². The Morgan fingerprint density at radius 1 is 1.24 bits per heavy atom. The van der Waals surface area contributed by atoms with E-state index < -0.39 is 0 Å². The zero-order chi connectivity index (χ0) is 14.8. The summed E-state index contributed by atoms with van der Waals surface area (Å²) in [5.74, 6) is 0. The van der Waals surface area contributed by atoms with Crippen LogP contribution in [0.4, 0.5) is 0 Å². The van der Waals surface area contributed by atoms with Gasteiger partial charge in [0.05, 0.1) is 5.69 Å². The van der Waals surface area contributed by atoms with Gasteiger partial charge in [-0.05, 0) is 36.9 Å². The lowest BCUT2D eigenvalue weighted by atomic mass is 10.1. The van der Waals surface area contributed by atoms with Crippen molar-refractivity contribution in [3.8, 4) is 0 Å². The fraction of sp³-hybridized carbons (Fsp3) is 0.353. The number of nitrogens with zero attached hydrogens (tertiary/aromatic N) is 2. The molecule has 21 heavy (non-hydrogen) atoms. The second kappa shape index (κ2) is 6.00. The van der Waals surface area contributed by atoms with E-state index in [9.17, 15) is 0 Å². The summed E-state index contributed by atoms with van der Waals surface area (Å²) in [6.07, 6.45) is 1.81. The lowest BCUT2D eigenvalue weighted by Crippen LogP contribution is -2.15. The highest BCUT2D eigenvalue weighted by Gasteiger charge is 2.14. The molecule has 4 heteroatoms. The van der Waals surface area contributed by atoms with Crippen molar-refractivity contribution in [2.75, 3.05) is 0 Å². The van der Waals surface area contributed by atoms with Crippen LogP contribution in [-0.4, -0.2) is 9.78 Å². The summed E-state index contributed by atoms with van der Waals surface area (Å²) in [6, 6.07) is 12.9. The van der Waals surface area contributed by atoms with Gasteiger partial charge in [0.1, 0.15) is 0 Å². The fourth-order valence-corrected chi connectivity index (χ4v) is 3.70. The summed E-state index contributed by atoms with van der Waals surface area (Å²) < 4.78 is 3.38. The smallest absolute Gasteiger partial charge is 0.0624 e. The van der Waals surface area contributed by atoms with Crippen molar-refractivity contribution in [2.24, 2.45) is 5.73 Å². The zero-order valence-electron chi connectivity index (χ0n) is 12.5. The molecule has 0 bridgehead atoms. The van der Waals surface area contributed by atoms with Crippen LogP contribution in [0.15, 0.2) is 36.4 Å². The van der Waals surface area contributed by atoms with Crippen LogP contribution in [0.1, 0.15) is 36.2 Å². The number of rotatable bonds is 5. The van der Waals surface area contributed by atoms with Gasteiger partial charge in [-0.3, -0.25) is 4.68 Å². The number of thiophene rings is 1. The van der Waals surface area contributed by atoms with Gasteiger partial charge in [0.25, 0.3) is 0 Å². The topological polar surface area (TPSA) is 43.8 Å².